The van der Waals surface area contributed by atoms with E-state index in [0.29, 0.717) is 16.4 Å². The predicted molar refractivity (Wildman–Crippen MR) is 75.4 cm³/mol. The third-order valence-electron chi connectivity index (χ3n) is 3.25. The molecule has 0 N–H and O–H groups in total. The SMILES string of the molecule is Cc1ccc(Cl)cc1-c1cn2cc(C(F)(F)F)ccc2n1. The first-order valence-corrected chi connectivity index (χ1v) is 6.55. The second-order valence-corrected chi connectivity index (χ2v) is 5.20. The smallest absolute Gasteiger partial charge is 0.306 e. The number of alkyl halides is 3. The van der Waals surface area contributed by atoms with E-state index in [9.17, 15) is 13.2 Å². The number of halogens is 4. The van der Waals surface area contributed by atoms with Crippen LogP contribution in [0.5, 0.6) is 0 Å². The molecule has 0 atom stereocenters. The molecule has 2 nitrogen and oxygen atoms in total. The van der Waals surface area contributed by atoms with E-state index in [0.717, 1.165) is 23.4 Å². The number of hydrogen-bond donors (Lipinski definition) is 0. The van der Waals surface area contributed by atoms with Crippen LogP contribution in [0.25, 0.3) is 16.9 Å². The minimum atomic E-state index is -4.37. The van der Waals surface area contributed by atoms with Gasteiger partial charge >= 0.3 is 6.18 Å². The van der Waals surface area contributed by atoms with Gasteiger partial charge < -0.3 is 4.40 Å². The van der Waals surface area contributed by atoms with E-state index >= 15 is 0 Å². The van der Waals surface area contributed by atoms with Crippen LogP contribution in [0.2, 0.25) is 5.02 Å². The van der Waals surface area contributed by atoms with Crippen LogP contribution >= 0.6 is 11.6 Å². The maximum absolute atomic E-state index is 12.7. The Morgan fingerprint density at radius 1 is 1.10 bits per heavy atom. The van der Waals surface area contributed by atoms with E-state index in [4.69, 9.17) is 11.6 Å². The van der Waals surface area contributed by atoms with Crippen molar-refractivity contribution in [3.63, 3.8) is 0 Å². The summed E-state index contributed by atoms with van der Waals surface area (Å²) in [6, 6.07) is 7.74. The first-order valence-electron chi connectivity index (χ1n) is 6.17. The van der Waals surface area contributed by atoms with Crippen molar-refractivity contribution in [2.45, 2.75) is 13.1 Å². The van der Waals surface area contributed by atoms with Crippen molar-refractivity contribution >= 4 is 17.2 Å². The van der Waals surface area contributed by atoms with Gasteiger partial charge in [-0.1, -0.05) is 17.7 Å². The van der Waals surface area contributed by atoms with Crippen molar-refractivity contribution in [1.29, 1.82) is 0 Å². The molecule has 0 saturated heterocycles. The van der Waals surface area contributed by atoms with Gasteiger partial charge in [-0.15, -0.1) is 0 Å². The maximum atomic E-state index is 12.7. The lowest BCUT2D eigenvalue weighted by molar-refractivity contribution is -0.137. The number of nitrogens with zero attached hydrogens (tertiary/aromatic N) is 2. The zero-order valence-corrected chi connectivity index (χ0v) is 11.7. The Bertz CT molecular complexity index is 821. The van der Waals surface area contributed by atoms with E-state index in [1.54, 1.807) is 18.3 Å². The molecule has 0 bridgehead atoms. The van der Waals surface area contributed by atoms with Crippen LogP contribution in [0, 0.1) is 6.92 Å². The number of rotatable bonds is 1. The Labute approximate surface area is 123 Å². The van der Waals surface area contributed by atoms with E-state index in [-0.39, 0.29) is 0 Å². The van der Waals surface area contributed by atoms with Crippen LogP contribution in [0.1, 0.15) is 11.1 Å². The second-order valence-electron chi connectivity index (χ2n) is 4.77. The van der Waals surface area contributed by atoms with Crippen molar-refractivity contribution < 1.29 is 13.2 Å². The fraction of sp³-hybridized carbons (Fsp3) is 0.133. The van der Waals surface area contributed by atoms with Gasteiger partial charge in [0, 0.05) is 23.0 Å². The van der Waals surface area contributed by atoms with E-state index in [1.807, 2.05) is 13.0 Å². The van der Waals surface area contributed by atoms with Crippen molar-refractivity contribution in [3.05, 3.63) is 58.9 Å². The number of hydrogen-bond acceptors (Lipinski definition) is 1. The Hall–Kier alpha value is -2.01. The highest BCUT2D eigenvalue weighted by molar-refractivity contribution is 6.30. The lowest BCUT2D eigenvalue weighted by Crippen LogP contribution is -2.05. The quantitative estimate of drug-likeness (QED) is 0.619. The molecule has 3 aromatic rings. The van der Waals surface area contributed by atoms with Crippen LogP contribution in [-0.4, -0.2) is 9.38 Å². The fourth-order valence-electron chi connectivity index (χ4n) is 2.16. The molecule has 0 saturated carbocycles. The molecule has 108 valence electrons. The van der Waals surface area contributed by atoms with Gasteiger partial charge in [-0.25, -0.2) is 4.98 Å². The zero-order valence-electron chi connectivity index (χ0n) is 10.9. The number of aromatic nitrogens is 2. The van der Waals surface area contributed by atoms with Gasteiger partial charge in [0.1, 0.15) is 5.65 Å². The average Bonchev–Trinajstić information content (AvgIpc) is 2.83. The van der Waals surface area contributed by atoms with E-state index in [1.165, 1.54) is 10.5 Å². The van der Waals surface area contributed by atoms with Crippen molar-refractivity contribution in [2.75, 3.05) is 0 Å². The minimum Gasteiger partial charge on any atom is -0.306 e. The number of imidazole rings is 1. The topological polar surface area (TPSA) is 17.3 Å². The molecule has 0 unspecified atom stereocenters. The molecular weight excluding hydrogens is 301 g/mol. The summed E-state index contributed by atoms with van der Waals surface area (Å²) in [5.41, 5.74) is 2.10. The molecule has 2 heterocycles. The molecule has 3 rings (SSSR count). The van der Waals surface area contributed by atoms with Gasteiger partial charge in [0.25, 0.3) is 0 Å². The summed E-state index contributed by atoms with van der Waals surface area (Å²) >= 11 is 5.97. The number of benzene rings is 1. The summed E-state index contributed by atoms with van der Waals surface area (Å²) in [5.74, 6) is 0. The van der Waals surface area contributed by atoms with Crippen molar-refractivity contribution in [2.24, 2.45) is 0 Å². The maximum Gasteiger partial charge on any atom is 0.417 e. The Kier molecular flexibility index (Phi) is 3.17. The van der Waals surface area contributed by atoms with Crippen molar-refractivity contribution in [3.8, 4) is 11.3 Å². The molecule has 1 aromatic carbocycles. The predicted octanol–water partition coefficient (Wildman–Crippen LogP) is 4.98. The zero-order chi connectivity index (χ0) is 15.2. The normalized spacial score (nSPS) is 12.0. The highest BCUT2D eigenvalue weighted by Gasteiger charge is 2.30. The summed E-state index contributed by atoms with van der Waals surface area (Å²) in [7, 11) is 0. The van der Waals surface area contributed by atoms with Crippen LogP contribution < -0.4 is 0 Å². The summed E-state index contributed by atoms with van der Waals surface area (Å²) < 4.78 is 39.5. The molecule has 0 fully saturated rings. The highest BCUT2D eigenvalue weighted by Crippen LogP contribution is 2.31. The third kappa shape index (κ3) is 2.61. The summed E-state index contributed by atoms with van der Waals surface area (Å²) in [6.07, 6.45) is -1.76. The second kappa shape index (κ2) is 4.77. The third-order valence-corrected chi connectivity index (χ3v) is 3.49. The van der Waals surface area contributed by atoms with Gasteiger partial charge in [-0.05, 0) is 36.8 Å². The van der Waals surface area contributed by atoms with Gasteiger partial charge in [-0.2, -0.15) is 13.2 Å². The van der Waals surface area contributed by atoms with Crippen molar-refractivity contribution in [1.82, 2.24) is 9.38 Å². The van der Waals surface area contributed by atoms with Gasteiger partial charge in [-0.3, -0.25) is 0 Å². The van der Waals surface area contributed by atoms with Crippen LogP contribution in [-0.2, 0) is 6.18 Å². The summed E-state index contributed by atoms with van der Waals surface area (Å²) in [5, 5.41) is 0.559. The summed E-state index contributed by atoms with van der Waals surface area (Å²) in [4.78, 5) is 4.35. The van der Waals surface area contributed by atoms with Crippen LogP contribution in [0.15, 0.2) is 42.7 Å². The number of aryl methyl sites for hydroxylation is 1. The standard InChI is InChI=1S/C15H10ClF3N2/c1-9-2-4-11(16)6-12(9)13-8-21-7-10(15(17,18)19)3-5-14(21)20-13/h2-8H,1H3. The van der Waals surface area contributed by atoms with Gasteiger partial charge in [0.2, 0.25) is 0 Å². The molecule has 0 aliphatic heterocycles. The molecule has 0 radical (unpaired) electrons. The first-order chi connectivity index (χ1) is 9.84. The Morgan fingerprint density at radius 3 is 2.57 bits per heavy atom. The lowest BCUT2D eigenvalue weighted by atomic mass is 10.1. The van der Waals surface area contributed by atoms with Crippen LogP contribution in [0.4, 0.5) is 13.2 Å². The molecule has 0 aliphatic carbocycles. The number of pyridine rings is 1. The molecule has 0 spiro atoms. The lowest BCUT2D eigenvalue weighted by Gasteiger charge is -2.05. The fourth-order valence-corrected chi connectivity index (χ4v) is 2.33. The van der Waals surface area contributed by atoms with E-state index in [2.05, 4.69) is 4.98 Å². The molecule has 6 heteroatoms. The summed E-state index contributed by atoms with van der Waals surface area (Å²) in [6.45, 7) is 1.90. The van der Waals surface area contributed by atoms with Gasteiger partial charge in [0.05, 0.1) is 11.3 Å². The molecule has 0 aliphatic rings. The largest absolute Gasteiger partial charge is 0.417 e. The first kappa shape index (κ1) is 13.9. The molecule has 0 amide bonds. The molecule has 21 heavy (non-hydrogen) atoms. The monoisotopic (exact) mass is 310 g/mol. The Balaban J connectivity index is 2.15. The van der Waals surface area contributed by atoms with Gasteiger partial charge in [0.15, 0.2) is 0 Å². The molecular formula is C15H10ClF3N2. The minimum absolute atomic E-state index is 0.456. The average molecular weight is 311 g/mol. The number of fused-ring (bicyclic) bond motifs is 1. The molecule has 2 aromatic heterocycles. The highest BCUT2D eigenvalue weighted by atomic mass is 35.5. The van der Waals surface area contributed by atoms with E-state index < -0.39 is 11.7 Å². The van der Waals surface area contributed by atoms with Crippen LogP contribution in [0.3, 0.4) is 0 Å². The Morgan fingerprint density at radius 2 is 1.86 bits per heavy atom.